The van der Waals surface area contributed by atoms with Crippen LogP contribution in [0.1, 0.15) is 47.0 Å². The van der Waals surface area contributed by atoms with Gasteiger partial charge in [0.05, 0.1) is 0 Å². The smallest absolute Gasteiger partial charge is 0.374 e. The van der Waals surface area contributed by atoms with Gasteiger partial charge in [0, 0.05) is 25.9 Å². The second-order valence-electron chi connectivity index (χ2n) is 3.80. The molecule has 0 bridgehead atoms. The van der Waals surface area contributed by atoms with E-state index in [1.807, 2.05) is 20.4 Å². The molecular weight excluding hydrogens is 208 g/mol. The largest absolute Gasteiger partial charge is 0.497 e. The number of hydrogen-bond acceptors (Lipinski definition) is 3. The predicted octanol–water partition coefficient (Wildman–Crippen LogP) is 3.22. The van der Waals surface area contributed by atoms with Gasteiger partial charge in [-0.05, 0) is 27.2 Å². The van der Waals surface area contributed by atoms with Crippen molar-refractivity contribution in [2.75, 3.05) is 13.2 Å². The first-order chi connectivity index (χ1) is 7.08. The van der Waals surface area contributed by atoms with E-state index in [1.54, 1.807) is 0 Å². The Kier molecular flexibility index (Phi) is 8.33. The molecule has 0 fully saturated rings. The van der Waals surface area contributed by atoms with E-state index in [0.717, 1.165) is 6.42 Å². The van der Waals surface area contributed by atoms with Gasteiger partial charge in [0.2, 0.25) is 0 Å². The van der Waals surface area contributed by atoms with E-state index in [2.05, 4.69) is 13.8 Å². The highest BCUT2D eigenvalue weighted by Crippen LogP contribution is 2.15. The lowest BCUT2D eigenvalue weighted by molar-refractivity contribution is 0.0409. The Morgan fingerprint density at radius 1 is 1.07 bits per heavy atom. The predicted molar refractivity (Wildman–Crippen MR) is 64.9 cm³/mol. The van der Waals surface area contributed by atoms with Crippen molar-refractivity contribution in [3.8, 4) is 0 Å². The van der Waals surface area contributed by atoms with Gasteiger partial charge in [0.15, 0.2) is 0 Å². The summed E-state index contributed by atoms with van der Waals surface area (Å²) in [4.78, 5) is 0. The molecule has 4 heteroatoms. The summed E-state index contributed by atoms with van der Waals surface area (Å²) >= 11 is 0. The zero-order valence-corrected chi connectivity index (χ0v) is 11.8. The van der Waals surface area contributed by atoms with Crippen molar-refractivity contribution >= 4 is 8.80 Å². The van der Waals surface area contributed by atoms with Gasteiger partial charge >= 0.3 is 8.80 Å². The van der Waals surface area contributed by atoms with Crippen LogP contribution in [0.15, 0.2) is 0 Å². The molecule has 15 heavy (non-hydrogen) atoms. The lowest BCUT2D eigenvalue weighted by atomic mass is 10.2. The summed E-state index contributed by atoms with van der Waals surface area (Å²) in [7, 11) is -2.36. The molecule has 0 aromatic heterocycles. The molecule has 0 heterocycles. The fraction of sp³-hybridized carbons (Fsp3) is 1.00. The molecule has 0 saturated carbocycles. The molecule has 1 unspecified atom stereocenters. The summed E-state index contributed by atoms with van der Waals surface area (Å²) in [6.07, 6.45) is 3.72. The molecule has 0 saturated heterocycles. The third-order valence-corrected chi connectivity index (χ3v) is 4.65. The minimum absolute atomic E-state index is 0.236. The van der Waals surface area contributed by atoms with Crippen LogP contribution in [0.3, 0.4) is 0 Å². The third kappa shape index (κ3) is 7.06. The van der Waals surface area contributed by atoms with Gasteiger partial charge in [-0.3, -0.25) is 0 Å². The monoisotopic (exact) mass is 234 g/mol. The average Bonchev–Trinajstić information content (AvgIpc) is 2.15. The fourth-order valence-corrected chi connectivity index (χ4v) is 3.67. The molecule has 0 aromatic rings. The van der Waals surface area contributed by atoms with Gasteiger partial charge < -0.3 is 13.3 Å². The van der Waals surface area contributed by atoms with E-state index < -0.39 is 8.80 Å². The van der Waals surface area contributed by atoms with Crippen LogP contribution in [0.4, 0.5) is 0 Å². The minimum atomic E-state index is -2.36. The molecule has 1 atom stereocenters. The standard InChI is InChI=1S/C11H26O3Si/c1-6-9-10-11(4)14-15(5,12-7-2)13-8-3/h11H,6-10H2,1-5H3. The lowest BCUT2D eigenvalue weighted by Crippen LogP contribution is -2.45. The van der Waals surface area contributed by atoms with Gasteiger partial charge in [-0.15, -0.1) is 0 Å². The van der Waals surface area contributed by atoms with Crippen LogP contribution in [0.2, 0.25) is 6.55 Å². The van der Waals surface area contributed by atoms with Crippen LogP contribution in [-0.4, -0.2) is 28.1 Å². The van der Waals surface area contributed by atoms with Gasteiger partial charge in [0.25, 0.3) is 0 Å². The quantitative estimate of drug-likeness (QED) is 0.573. The van der Waals surface area contributed by atoms with E-state index in [-0.39, 0.29) is 6.10 Å². The first-order valence-corrected chi connectivity index (χ1v) is 8.26. The van der Waals surface area contributed by atoms with Gasteiger partial charge in [-0.25, -0.2) is 0 Å². The van der Waals surface area contributed by atoms with Crippen LogP contribution in [-0.2, 0) is 13.3 Å². The highest BCUT2D eigenvalue weighted by atomic mass is 28.4. The maximum Gasteiger partial charge on any atom is 0.497 e. The SMILES string of the molecule is CCCCC(C)O[Si](C)(OCC)OCC. The number of rotatable bonds is 9. The minimum Gasteiger partial charge on any atom is -0.374 e. The maximum atomic E-state index is 5.92. The highest BCUT2D eigenvalue weighted by molar-refractivity contribution is 6.59. The second kappa shape index (κ2) is 8.27. The summed E-state index contributed by atoms with van der Waals surface area (Å²) in [5.41, 5.74) is 0. The van der Waals surface area contributed by atoms with Crippen LogP contribution in [0, 0.1) is 0 Å². The second-order valence-corrected chi connectivity index (χ2v) is 6.34. The molecule has 92 valence electrons. The van der Waals surface area contributed by atoms with Crippen molar-refractivity contribution in [3.63, 3.8) is 0 Å². The molecule has 0 N–H and O–H groups in total. The molecule has 0 aliphatic rings. The normalized spacial score (nSPS) is 14.2. The topological polar surface area (TPSA) is 27.7 Å². The van der Waals surface area contributed by atoms with Crippen molar-refractivity contribution in [2.45, 2.75) is 59.6 Å². The summed E-state index contributed by atoms with van der Waals surface area (Å²) in [5, 5.41) is 0. The summed E-state index contributed by atoms with van der Waals surface area (Å²) in [6.45, 7) is 11.5. The van der Waals surface area contributed by atoms with Crippen molar-refractivity contribution in [1.29, 1.82) is 0 Å². The Hall–Kier alpha value is 0.0969. The van der Waals surface area contributed by atoms with E-state index >= 15 is 0 Å². The van der Waals surface area contributed by atoms with Crippen molar-refractivity contribution in [2.24, 2.45) is 0 Å². The Morgan fingerprint density at radius 3 is 2.00 bits per heavy atom. The molecule has 0 radical (unpaired) electrons. The first-order valence-electron chi connectivity index (χ1n) is 6.03. The van der Waals surface area contributed by atoms with Crippen molar-refractivity contribution < 1.29 is 13.3 Å². The van der Waals surface area contributed by atoms with Crippen LogP contribution >= 0.6 is 0 Å². The third-order valence-electron chi connectivity index (χ3n) is 2.19. The van der Waals surface area contributed by atoms with Crippen LogP contribution in [0.5, 0.6) is 0 Å². The summed E-state index contributed by atoms with van der Waals surface area (Å²) in [5.74, 6) is 0. The molecule has 0 aliphatic heterocycles. The van der Waals surface area contributed by atoms with Gasteiger partial charge in [-0.1, -0.05) is 19.8 Å². The molecule has 0 amide bonds. The molecule has 0 aromatic carbocycles. The number of hydrogen-bond donors (Lipinski definition) is 0. The van der Waals surface area contributed by atoms with Gasteiger partial charge in [-0.2, -0.15) is 0 Å². The van der Waals surface area contributed by atoms with Crippen LogP contribution < -0.4 is 0 Å². The Bertz CT molecular complexity index is 147. The zero-order chi connectivity index (χ0) is 11.7. The highest BCUT2D eigenvalue weighted by Gasteiger charge is 2.35. The zero-order valence-electron chi connectivity index (χ0n) is 10.8. The lowest BCUT2D eigenvalue weighted by Gasteiger charge is -2.28. The molecule has 0 spiro atoms. The maximum absolute atomic E-state index is 5.92. The van der Waals surface area contributed by atoms with Crippen molar-refractivity contribution in [3.05, 3.63) is 0 Å². The fourth-order valence-electron chi connectivity index (χ4n) is 1.55. The van der Waals surface area contributed by atoms with Crippen LogP contribution in [0.25, 0.3) is 0 Å². The van der Waals surface area contributed by atoms with Gasteiger partial charge in [0.1, 0.15) is 0 Å². The summed E-state index contributed by atoms with van der Waals surface area (Å²) < 4.78 is 17.1. The molecule has 0 rings (SSSR count). The van der Waals surface area contributed by atoms with E-state index in [9.17, 15) is 0 Å². The van der Waals surface area contributed by atoms with Crippen molar-refractivity contribution in [1.82, 2.24) is 0 Å². The average molecular weight is 234 g/mol. The summed E-state index contributed by atoms with van der Waals surface area (Å²) in [6, 6.07) is 0. The van der Waals surface area contributed by atoms with E-state index in [0.29, 0.717) is 13.2 Å². The van der Waals surface area contributed by atoms with E-state index in [4.69, 9.17) is 13.3 Å². The molecule has 3 nitrogen and oxygen atoms in total. The molecular formula is C11H26O3Si. The number of unbranched alkanes of at least 4 members (excludes halogenated alkanes) is 1. The Labute approximate surface area is 95.5 Å². The Balaban J connectivity index is 4.02. The first kappa shape index (κ1) is 15.1. The molecule has 0 aliphatic carbocycles. The van der Waals surface area contributed by atoms with E-state index in [1.165, 1.54) is 12.8 Å². The Morgan fingerprint density at radius 2 is 1.60 bits per heavy atom.